The number of hydrogen-bond acceptors (Lipinski definition) is 3. The van der Waals surface area contributed by atoms with Crippen LogP contribution < -0.4 is 11.1 Å². The second-order valence-electron chi connectivity index (χ2n) is 3.87. The van der Waals surface area contributed by atoms with E-state index < -0.39 is 0 Å². The Morgan fingerprint density at radius 1 is 1.44 bits per heavy atom. The minimum absolute atomic E-state index is 0.0380. The van der Waals surface area contributed by atoms with Gasteiger partial charge in [-0.1, -0.05) is 24.3 Å². The van der Waals surface area contributed by atoms with Gasteiger partial charge in [-0.2, -0.15) is 0 Å². The van der Waals surface area contributed by atoms with E-state index in [0.29, 0.717) is 13.2 Å². The highest BCUT2D eigenvalue weighted by Gasteiger charge is 2.21. The zero-order chi connectivity index (χ0) is 11.4. The summed E-state index contributed by atoms with van der Waals surface area (Å²) in [5, 5.41) is 2.93. The number of ether oxygens (including phenoxy) is 1. The average molecular weight is 220 g/mol. The summed E-state index contributed by atoms with van der Waals surface area (Å²) in [5.74, 6) is -0.0567. The Labute approximate surface area is 94.8 Å². The minimum Gasteiger partial charge on any atom is -0.369 e. The second-order valence-corrected chi connectivity index (χ2v) is 3.87. The van der Waals surface area contributed by atoms with Gasteiger partial charge >= 0.3 is 0 Å². The topological polar surface area (TPSA) is 64.3 Å². The van der Waals surface area contributed by atoms with E-state index in [4.69, 9.17) is 10.5 Å². The van der Waals surface area contributed by atoms with Gasteiger partial charge in [0.2, 0.25) is 5.91 Å². The number of morpholine rings is 1. The Morgan fingerprint density at radius 3 is 3.00 bits per heavy atom. The number of nitrogens with two attached hydrogens (primary N) is 1. The molecular formula is C12H16N2O2. The summed E-state index contributed by atoms with van der Waals surface area (Å²) in [4.78, 5) is 11.3. The lowest BCUT2D eigenvalue weighted by Gasteiger charge is -2.25. The zero-order valence-electron chi connectivity index (χ0n) is 9.11. The van der Waals surface area contributed by atoms with Crippen LogP contribution in [0.15, 0.2) is 24.3 Å². The van der Waals surface area contributed by atoms with Crippen molar-refractivity contribution in [1.82, 2.24) is 5.32 Å². The third-order valence-electron chi connectivity index (χ3n) is 2.70. The van der Waals surface area contributed by atoms with Crippen LogP contribution in [-0.4, -0.2) is 25.7 Å². The molecule has 1 amide bonds. The van der Waals surface area contributed by atoms with Crippen molar-refractivity contribution in [1.29, 1.82) is 0 Å². The summed E-state index contributed by atoms with van der Waals surface area (Å²) < 4.78 is 5.24. The second kappa shape index (κ2) is 5.09. The summed E-state index contributed by atoms with van der Waals surface area (Å²) in [6.07, 6.45) is 0.822. The zero-order valence-corrected chi connectivity index (χ0v) is 9.11. The Kier molecular flexibility index (Phi) is 3.54. The summed E-state index contributed by atoms with van der Waals surface area (Å²) in [6, 6.07) is 7.98. The number of benzene rings is 1. The fraction of sp³-hybridized carbons (Fsp3) is 0.417. The lowest BCUT2D eigenvalue weighted by Crippen LogP contribution is -2.40. The SMILES string of the molecule is NCCc1ccccc1C1COCC(=O)N1. The number of nitrogens with one attached hydrogen (secondary N) is 1. The molecule has 0 bridgehead atoms. The summed E-state index contributed by atoms with van der Waals surface area (Å²) >= 11 is 0. The van der Waals surface area contributed by atoms with Gasteiger partial charge in [0.1, 0.15) is 6.61 Å². The molecule has 0 radical (unpaired) electrons. The number of amides is 1. The molecule has 1 aromatic rings. The predicted octanol–water partition coefficient (Wildman–Crippen LogP) is 0.375. The first-order valence-corrected chi connectivity index (χ1v) is 5.46. The van der Waals surface area contributed by atoms with Crippen molar-refractivity contribution in [2.45, 2.75) is 12.5 Å². The van der Waals surface area contributed by atoms with Crippen molar-refractivity contribution in [3.63, 3.8) is 0 Å². The van der Waals surface area contributed by atoms with Crippen LogP contribution in [0.2, 0.25) is 0 Å². The molecule has 4 nitrogen and oxygen atoms in total. The predicted molar refractivity (Wildman–Crippen MR) is 60.9 cm³/mol. The molecule has 1 heterocycles. The van der Waals surface area contributed by atoms with Gasteiger partial charge in [0.15, 0.2) is 0 Å². The Bertz CT molecular complexity index is 379. The van der Waals surface area contributed by atoms with Crippen LogP contribution in [0.3, 0.4) is 0 Å². The third-order valence-corrected chi connectivity index (χ3v) is 2.70. The first kappa shape index (κ1) is 11.1. The van der Waals surface area contributed by atoms with Gasteiger partial charge in [0, 0.05) is 0 Å². The molecule has 1 atom stereocenters. The van der Waals surface area contributed by atoms with E-state index >= 15 is 0 Å². The molecule has 1 saturated heterocycles. The normalized spacial score (nSPS) is 20.6. The highest BCUT2D eigenvalue weighted by Crippen LogP contribution is 2.20. The fourth-order valence-corrected chi connectivity index (χ4v) is 1.97. The van der Waals surface area contributed by atoms with Crippen LogP contribution in [0.1, 0.15) is 17.2 Å². The van der Waals surface area contributed by atoms with Crippen molar-refractivity contribution in [2.24, 2.45) is 5.73 Å². The molecule has 1 aromatic carbocycles. The van der Waals surface area contributed by atoms with Crippen LogP contribution in [0.5, 0.6) is 0 Å². The molecule has 2 rings (SSSR count). The molecule has 86 valence electrons. The van der Waals surface area contributed by atoms with Crippen LogP contribution in [0.4, 0.5) is 0 Å². The highest BCUT2D eigenvalue weighted by atomic mass is 16.5. The molecular weight excluding hydrogens is 204 g/mol. The number of rotatable bonds is 3. The lowest BCUT2D eigenvalue weighted by atomic mass is 9.98. The standard InChI is InChI=1S/C12H16N2O2/c13-6-5-9-3-1-2-4-10(9)11-7-16-8-12(15)14-11/h1-4,11H,5-8,13H2,(H,14,15). The molecule has 3 N–H and O–H groups in total. The van der Waals surface area contributed by atoms with Gasteiger partial charge in [-0.3, -0.25) is 4.79 Å². The van der Waals surface area contributed by atoms with Crippen LogP contribution in [-0.2, 0) is 16.0 Å². The van der Waals surface area contributed by atoms with E-state index in [1.807, 2.05) is 24.3 Å². The third kappa shape index (κ3) is 2.40. The monoisotopic (exact) mass is 220 g/mol. The van der Waals surface area contributed by atoms with Crippen LogP contribution in [0, 0.1) is 0 Å². The van der Waals surface area contributed by atoms with E-state index in [0.717, 1.165) is 12.0 Å². The largest absolute Gasteiger partial charge is 0.369 e. The van der Waals surface area contributed by atoms with Gasteiger partial charge in [0.05, 0.1) is 12.6 Å². The van der Waals surface area contributed by atoms with Gasteiger partial charge in [-0.05, 0) is 24.1 Å². The van der Waals surface area contributed by atoms with E-state index in [9.17, 15) is 4.79 Å². The molecule has 0 saturated carbocycles. The van der Waals surface area contributed by atoms with E-state index in [1.165, 1.54) is 5.56 Å². The first-order chi connectivity index (χ1) is 7.81. The first-order valence-electron chi connectivity index (χ1n) is 5.46. The van der Waals surface area contributed by atoms with Gasteiger partial charge < -0.3 is 15.8 Å². The van der Waals surface area contributed by atoms with Gasteiger partial charge in [0.25, 0.3) is 0 Å². The Balaban J connectivity index is 2.21. The molecule has 1 aliphatic rings. The average Bonchev–Trinajstić information content (AvgIpc) is 2.30. The molecule has 1 unspecified atom stereocenters. The molecule has 1 aliphatic heterocycles. The lowest BCUT2D eigenvalue weighted by molar-refractivity contribution is -0.131. The van der Waals surface area contributed by atoms with E-state index in [1.54, 1.807) is 0 Å². The van der Waals surface area contributed by atoms with Crippen molar-refractivity contribution in [3.05, 3.63) is 35.4 Å². The molecule has 0 spiro atoms. The molecule has 1 fully saturated rings. The van der Waals surface area contributed by atoms with E-state index in [2.05, 4.69) is 5.32 Å². The quantitative estimate of drug-likeness (QED) is 0.773. The van der Waals surface area contributed by atoms with Gasteiger partial charge in [-0.25, -0.2) is 0 Å². The molecule has 0 aliphatic carbocycles. The van der Waals surface area contributed by atoms with Crippen molar-refractivity contribution < 1.29 is 9.53 Å². The minimum atomic E-state index is -0.0567. The van der Waals surface area contributed by atoms with Crippen LogP contribution in [0.25, 0.3) is 0 Å². The fourth-order valence-electron chi connectivity index (χ4n) is 1.97. The maximum absolute atomic E-state index is 11.3. The highest BCUT2D eigenvalue weighted by molar-refractivity contribution is 5.78. The number of carbonyl (C=O) groups is 1. The van der Waals surface area contributed by atoms with Gasteiger partial charge in [-0.15, -0.1) is 0 Å². The summed E-state index contributed by atoms with van der Waals surface area (Å²) in [7, 11) is 0. The smallest absolute Gasteiger partial charge is 0.246 e. The van der Waals surface area contributed by atoms with Crippen molar-refractivity contribution in [2.75, 3.05) is 19.8 Å². The Morgan fingerprint density at radius 2 is 2.25 bits per heavy atom. The number of carbonyl (C=O) groups excluding carboxylic acids is 1. The Hall–Kier alpha value is -1.39. The molecule has 16 heavy (non-hydrogen) atoms. The van der Waals surface area contributed by atoms with Crippen molar-refractivity contribution >= 4 is 5.91 Å². The van der Waals surface area contributed by atoms with Crippen molar-refractivity contribution in [3.8, 4) is 0 Å². The summed E-state index contributed by atoms with van der Waals surface area (Å²) in [6.45, 7) is 1.31. The maximum atomic E-state index is 11.3. The molecule has 4 heteroatoms. The summed E-state index contributed by atoms with van der Waals surface area (Å²) in [5.41, 5.74) is 7.86. The maximum Gasteiger partial charge on any atom is 0.246 e. The van der Waals surface area contributed by atoms with E-state index in [-0.39, 0.29) is 18.6 Å². The molecule has 0 aromatic heterocycles. The number of hydrogen-bond donors (Lipinski definition) is 2. The van der Waals surface area contributed by atoms with Crippen LogP contribution >= 0.6 is 0 Å².